The third-order valence-corrected chi connectivity index (χ3v) is 6.94. The second-order valence-corrected chi connectivity index (χ2v) is 10.9. The second-order valence-electron chi connectivity index (χ2n) is 10.9. The van der Waals surface area contributed by atoms with Crippen LogP contribution in [0.1, 0.15) is 64.3 Å². The van der Waals surface area contributed by atoms with Gasteiger partial charge in [-0.2, -0.15) is 10.4 Å². The fourth-order valence-electron chi connectivity index (χ4n) is 4.54. The number of hydrogen-bond acceptors (Lipinski definition) is 7. The lowest BCUT2D eigenvalue weighted by Crippen LogP contribution is -2.28. The molecule has 0 saturated carbocycles. The lowest BCUT2D eigenvalue weighted by molar-refractivity contribution is 0.219. The van der Waals surface area contributed by atoms with Gasteiger partial charge in [0.1, 0.15) is 6.07 Å². The molecule has 3 aromatic rings. The van der Waals surface area contributed by atoms with Crippen molar-refractivity contribution >= 4 is 17.3 Å². The molecule has 1 aliphatic rings. The maximum atomic E-state index is 10.0. The largest absolute Gasteiger partial charge is 0.395 e. The Morgan fingerprint density at radius 3 is 2.69 bits per heavy atom. The summed E-state index contributed by atoms with van der Waals surface area (Å²) in [5.74, 6) is 1.69. The van der Waals surface area contributed by atoms with Crippen molar-refractivity contribution < 1.29 is 5.11 Å². The number of aryl methyl sites for hydroxylation is 1. The van der Waals surface area contributed by atoms with E-state index in [1.54, 1.807) is 6.20 Å². The first-order valence-corrected chi connectivity index (χ1v) is 12.8. The molecule has 3 N–H and O–H groups in total. The molecule has 0 unspecified atom stereocenters. The smallest absolute Gasteiger partial charge is 0.227 e. The molecule has 2 aromatic heterocycles. The van der Waals surface area contributed by atoms with Crippen LogP contribution < -0.4 is 10.6 Å². The summed E-state index contributed by atoms with van der Waals surface area (Å²) >= 11 is 0. The first-order chi connectivity index (χ1) is 17.2. The molecule has 0 amide bonds. The number of aromatic nitrogens is 4. The Morgan fingerprint density at radius 1 is 1.22 bits per heavy atom. The van der Waals surface area contributed by atoms with E-state index in [9.17, 15) is 10.4 Å². The Bertz CT molecular complexity index is 1260. The zero-order chi connectivity index (χ0) is 25.9. The molecule has 0 fully saturated rings. The van der Waals surface area contributed by atoms with Gasteiger partial charge in [0.25, 0.3) is 0 Å². The van der Waals surface area contributed by atoms with Crippen LogP contribution in [0.4, 0.5) is 17.3 Å². The lowest BCUT2D eigenvalue weighted by Gasteiger charge is -2.21. The number of hydrogen-bond donors (Lipinski definition) is 3. The van der Waals surface area contributed by atoms with Crippen molar-refractivity contribution in [3.63, 3.8) is 0 Å². The molecule has 8 heteroatoms. The van der Waals surface area contributed by atoms with Crippen LogP contribution in [0.25, 0.3) is 11.3 Å². The number of aliphatic hydroxyl groups is 1. The zero-order valence-electron chi connectivity index (χ0n) is 22.0. The summed E-state index contributed by atoms with van der Waals surface area (Å²) < 4.78 is 2.11. The van der Waals surface area contributed by atoms with Gasteiger partial charge in [0.15, 0.2) is 0 Å². The summed E-state index contributed by atoms with van der Waals surface area (Å²) in [6, 6.07) is 8.01. The standard InChI is InChI=1S/C28H37N7O/c1-18(2)6-7-25-24(15-32-35(25)11-9-19(3)4)34-27-30-10-8-23(33-27)20-12-21(14-29)26-22(13-20)28(5,17-36)16-31-26/h8,10,12-13,15,18-19,31,36H,6-7,9,11,16-17H2,1-5H3,(H,30,33,34)/t28-/m1/s1. The first kappa shape index (κ1) is 25.6. The fourth-order valence-corrected chi connectivity index (χ4v) is 4.54. The predicted molar refractivity (Wildman–Crippen MR) is 143 cm³/mol. The number of anilines is 3. The van der Waals surface area contributed by atoms with E-state index in [1.165, 1.54) is 5.69 Å². The quantitative estimate of drug-likeness (QED) is 0.357. The van der Waals surface area contributed by atoms with E-state index in [0.29, 0.717) is 29.9 Å². The van der Waals surface area contributed by atoms with E-state index < -0.39 is 5.41 Å². The van der Waals surface area contributed by atoms with E-state index in [1.807, 2.05) is 31.3 Å². The van der Waals surface area contributed by atoms with Gasteiger partial charge >= 0.3 is 0 Å². The van der Waals surface area contributed by atoms with E-state index in [0.717, 1.165) is 54.0 Å². The Labute approximate surface area is 213 Å². The van der Waals surface area contributed by atoms with Crippen LogP contribution in [-0.2, 0) is 18.4 Å². The Balaban J connectivity index is 1.65. The van der Waals surface area contributed by atoms with Gasteiger partial charge in [-0.15, -0.1) is 0 Å². The Morgan fingerprint density at radius 2 is 2.00 bits per heavy atom. The maximum Gasteiger partial charge on any atom is 0.227 e. The van der Waals surface area contributed by atoms with E-state index in [2.05, 4.69) is 59.2 Å². The van der Waals surface area contributed by atoms with Crippen LogP contribution in [0, 0.1) is 23.2 Å². The van der Waals surface area contributed by atoms with Gasteiger partial charge < -0.3 is 15.7 Å². The number of nitriles is 1. The molecule has 3 heterocycles. The number of benzene rings is 1. The third kappa shape index (κ3) is 5.36. The molecule has 0 spiro atoms. The number of nitrogens with one attached hydrogen (secondary N) is 2. The summed E-state index contributed by atoms with van der Waals surface area (Å²) in [6.07, 6.45) is 6.68. The van der Waals surface area contributed by atoms with E-state index in [-0.39, 0.29) is 6.61 Å². The van der Waals surface area contributed by atoms with E-state index >= 15 is 0 Å². The topological polar surface area (TPSA) is 112 Å². The van der Waals surface area contributed by atoms with E-state index in [4.69, 9.17) is 4.98 Å². The predicted octanol–water partition coefficient (Wildman–Crippen LogP) is 5.27. The van der Waals surface area contributed by atoms with Crippen molar-refractivity contribution in [2.75, 3.05) is 23.8 Å². The Hall–Kier alpha value is -3.44. The molecule has 8 nitrogen and oxygen atoms in total. The van der Waals surface area contributed by atoms with Gasteiger partial charge in [-0.1, -0.05) is 34.6 Å². The van der Waals surface area contributed by atoms with Crippen molar-refractivity contribution in [1.82, 2.24) is 19.7 Å². The maximum absolute atomic E-state index is 10.0. The van der Waals surface area contributed by atoms with Gasteiger partial charge in [0.05, 0.1) is 41.1 Å². The lowest BCUT2D eigenvalue weighted by atomic mass is 9.83. The highest BCUT2D eigenvalue weighted by Crippen LogP contribution is 2.41. The highest BCUT2D eigenvalue weighted by molar-refractivity contribution is 5.76. The van der Waals surface area contributed by atoms with Crippen LogP contribution >= 0.6 is 0 Å². The minimum atomic E-state index is -0.444. The monoisotopic (exact) mass is 487 g/mol. The molecule has 36 heavy (non-hydrogen) atoms. The average Bonchev–Trinajstić information content (AvgIpc) is 3.41. The number of rotatable bonds is 10. The summed E-state index contributed by atoms with van der Waals surface area (Å²) in [6.45, 7) is 12.4. The van der Waals surface area contributed by atoms with Gasteiger partial charge in [0.2, 0.25) is 5.95 Å². The first-order valence-electron chi connectivity index (χ1n) is 12.8. The minimum absolute atomic E-state index is 0.00213. The molecular weight excluding hydrogens is 450 g/mol. The van der Waals surface area contributed by atoms with Crippen LogP contribution in [-0.4, -0.2) is 38.0 Å². The van der Waals surface area contributed by atoms with Crippen molar-refractivity contribution in [3.8, 4) is 17.3 Å². The van der Waals surface area contributed by atoms with Crippen molar-refractivity contribution in [2.24, 2.45) is 11.8 Å². The minimum Gasteiger partial charge on any atom is -0.395 e. The summed E-state index contributed by atoms with van der Waals surface area (Å²) in [5, 5.41) is 31.1. The molecule has 0 saturated heterocycles. The average molecular weight is 488 g/mol. The molecule has 0 bridgehead atoms. The normalized spacial score (nSPS) is 16.8. The Kier molecular flexibility index (Phi) is 7.60. The number of fused-ring (bicyclic) bond motifs is 1. The van der Waals surface area contributed by atoms with Crippen molar-refractivity contribution in [3.05, 3.63) is 47.4 Å². The van der Waals surface area contributed by atoms with Gasteiger partial charge in [-0.25, -0.2) is 9.97 Å². The molecule has 4 rings (SSSR count). The molecule has 0 aliphatic carbocycles. The summed E-state index contributed by atoms with van der Waals surface area (Å²) in [5.41, 5.74) is 5.49. The molecule has 0 radical (unpaired) electrons. The fraction of sp³-hybridized carbons (Fsp3) is 0.500. The molecule has 190 valence electrons. The molecule has 1 atom stereocenters. The van der Waals surface area contributed by atoms with Crippen LogP contribution in [0.5, 0.6) is 0 Å². The molecule has 1 aromatic carbocycles. The van der Waals surface area contributed by atoms with Gasteiger partial charge in [-0.3, -0.25) is 4.68 Å². The van der Waals surface area contributed by atoms with Crippen LogP contribution in [0.3, 0.4) is 0 Å². The van der Waals surface area contributed by atoms with Gasteiger partial charge in [0, 0.05) is 30.3 Å². The number of nitrogens with zero attached hydrogens (tertiary/aromatic N) is 5. The van der Waals surface area contributed by atoms with Crippen molar-refractivity contribution in [2.45, 2.75) is 65.8 Å². The van der Waals surface area contributed by atoms with Crippen LogP contribution in [0.15, 0.2) is 30.6 Å². The summed E-state index contributed by atoms with van der Waals surface area (Å²) in [7, 11) is 0. The zero-order valence-corrected chi connectivity index (χ0v) is 22.0. The summed E-state index contributed by atoms with van der Waals surface area (Å²) in [4.78, 5) is 9.24. The van der Waals surface area contributed by atoms with Gasteiger partial charge in [-0.05, 0) is 54.9 Å². The van der Waals surface area contributed by atoms with Crippen LogP contribution in [0.2, 0.25) is 0 Å². The molecular formula is C28H37N7O. The third-order valence-electron chi connectivity index (χ3n) is 6.94. The van der Waals surface area contributed by atoms with Crippen molar-refractivity contribution in [1.29, 1.82) is 5.26 Å². The highest BCUT2D eigenvalue weighted by Gasteiger charge is 2.36. The second kappa shape index (κ2) is 10.7. The highest BCUT2D eigenvalue weighted by atomic mass is 16.3. The SMILES string of the molecule is CC(C)CCc1c(Nc2nccc(-c3cc(C#N)c4c(c3)[C@@](C)(CO)CN4)n2)cnn1CCC(C)C. The molecule has 1 aliphatic heterocycles. The number of aliphatic hydroxyl groups excluding tert-OH is 1.